The van der Waals surface area contributed by atoms with Gasteiger partial charge in [-0.1, -0.05) is 30.3 Å². The van der Waals surface area contributed by atoms with Crippen LogP contribution in [0.15, 0.2) is 30.3 Å². The predicted molar refractivity (Wildman–Crippen MR) is 41.2 cm³/mol. The summed E-state index contributed by atoms with van der Waals surface area (Å²) < 4.78 is 0. The molecule has 1 radical (unpaired) electrons. The van der Waals surface area contributed by atoms with Crippen molar-refractivity contribution in [3.8, 4) is 0 Å². The fourth-order valence-corrected chi connectivity index (χ4v) is 0.852. The Labute approximate surface area is 61.0 Å². The molecule has 0 amide bonds. The fraction of sp³-hybridized carbons (Fsp3) is 0.250. The molecule has 0 unspecified atom stereocenters. The van der Waals surface area contributed by atoms with E-state index in [9.17, 15) is 0 Å². The van der Waals surface area contributed by atoms with Gasteiger partial charge in [-0.3, -0.25) is 0 Å². The van der Waals surface area contributed by atoms with Gasteiger partial charge >= 0.3 is 0 Å². The van der Waals surface area contributed by atoms with Crippen molar-refractivity contribution in [2.24, 2.45) is 0 Å². The third-order valence-corrected chi connectivity index (χ3v) is 1.38. The van der Waals surface area contributed by atoms with Crippen molar-refractivity contribution >= 4 is 0 Å². The normalized spacial score (nSPS) is 9.70. The second-order valence-corrected chi connectivity index (χ2v) is 2.16. The third-order valence-electron chi connectivity index (χ3n) is 1.38. The molecule has 0 spiro atoms. The molecule has 0 saturated carbocycles. The highest BCUT2D eigenvalue weighted by molar-refractivity contribution is 5.14. The Balaban J connectivity index is 2.43. The summed E-state index contributed by atoms with van der Waals surface area (Å²) >= 11 is 0. The summed E-state index contributed by atoms with van der Waals surface area (Å²) in [6.07, 6.45) is 0.935. The molecule has 1 rings (SSSR count). The van der Waals surface area contributed by atoms with E-state index in [-0.39, 0.29) is 0 Å². The second kappa shape index (κ2) is 4.04. The smallest absolute Gasteiger partial charge is 0.0154 e. The first-order chi connectivity index (χ1) is 4.93. The summed E-state index contributed by atoms with van der Waals surface area (Å²) in [5, 5.41) is 0. The van der Waals surface area contributed by atoms with Gasteiger partial charge in [-0.15, -0.1) is 0 Å². The molecule has 0 aromatic heterocycles. The van der Waals surface area contributed by atoms with E-state index < -0.39 is 0 Å². The molecule has 0 aliphatic heterocycles. The van der Waals surface area contributed by atoms with Crippen LogP contribution in [0, 0.1) is 0 Å². The topological polar surface area (TPSA) is 35.8 Å². The summed E-state index contributed by atoms with van der Waals surface area (Å²) in [6, 6.07) is 10.2. The highest BCUT2D eigenvalue weighted by Crippen LogP contribution is 1.97. The molecule has 0 aliphatic rings. The molecule has 2 heteroatoms. The van der Waals surface area contributed by atoms with E-state index in [1.807, 2.05) is 18.2 Å². The van der Waals surface area contributed by atoms with Crippen LogP contribution in [0.5, 0.6) is 0 Å². The van der Waals surface area contributed by atoms with Crippen molar-refractivity contribution in [3.63, 3.8) is 0 Å². The van der Waals surface area contributed by atoms with E-state index in [4.69, 9.17) is 5.84 Å². The van der Waals surface area contributed by atoms with E-state index in [0.717, 1.165) is 13.0 Å². The molecule has 1 aromatic carbocycles. The van der Waals surface area contributed by atoms with Crippen LogP contribution < -0.4 is 11.3 Å². The summed E-state index contributed by atoms with van der Waals surface area (Å²) in [5.74, 6) is 6.70. The first-order valence-corrected chi connectivity index (χ1v) is 3.37. The molecule has 0 bridgehead atoms. The monoisotopic (exact) mass is 135 g/mol. The first kappa shape index (κ1) is 7.25. The molecule has 53 valence electrons. The van der Waals surface area contributed by atoms with Gasteiger partial charge in [0.1, 0.15) is 0 Å². The molecule has 0 aliphatic carbocycles. The van der Waals surface area contributed by atoms with Crippen molar-refractivity contribution in [2.75, 3.05) is 6.54 Å². The molecular weight excluding hydrogens is 124 g/mol. The molecule has 2 N–H and O–H groups in total. The Bertz CT molecular complexity index is 172. The molecule has 1 aromatic rings. The van der Waals surface area contributed by atoms with Crippen LogP contribution in [0.2, 0.25) is 0 Å². The minimum absolute atomic E-state index is 0.726. The lowest BCUT2D eigenvalue weighted by molar-refractivity contribution is 0.705. The lowest BCUT2D eigenvalue weighted by atomic mass is 10.2. The molecule has 0 atom stereocenters. The van der Waals surface area contributed by atoms with Crippen molar-refractivity contribution in [2.45, 2.75) is 6.42 Å². The maximum Gasteiger partial charge on any atom is 0.0154 e. The predicted octanol–water partition coefficient (Wildman–Crippen LogP) is 1.02. The first-order valence-electron chi connectivity index (χ1n) is 3.37. The van der Waals surface area contributed by atoms with Crippen LogP contribution in [-0.2, 0) is 6.42 Å². The van der Waals surface area contributed by atoms with Crippen LogP contribution in [0.25, 0.3) is 0 Å². The molecule has 0 saturated heterocycles. The van der Waals surface area contributed by atoms with Gasteiger partial charge < -0.3 is 0 Å². The van der Waals surface area contributed by atoms with Gasteiger partial charge in [0.25, 0.3) is 0 Å². The minimum atomic E-state index is 0.726. The van der Waals surface area contributed by atoms with E-state index in [0.29, 0.717) is 0 Å². The van der Waals surface area contributed by atoms with E-state index >= 15 is 0 Å². The summed E-state index contributed by atoms with van der Waals surface area (Å²) in [5.41, 5.74) is 3.65. The molecule has 0 heterocycles. The van der Waals surface area contributed by atoms with Gasteiger partial charge in [-0.2, -0.15) is 5.84 Å². The summed E-state index contributed by atoms with van der Waals surface area (Å²) in [4.78, 5) is 0. The maximum atomic E-state index is 6.70. The molecule has 0 fully saturated rings. The highest BCUT2D eigenvalue weighted by atomic mass is 15.2. The average Bonchev–Trinajstić information content (AvgIpc) is 2.03. The zero-order chi connectivity index (χ0) is 7.23. The maximum absolute atomic E-state index is 6.70. The molecule has 10 heavy (non-hydrogen) atoms. The zero-order valence-corrected chi connectivity index (χ0v) is 5.80. The Morgan fingerprint density at radius 2 is 1.90 bits per heavy atom. The van der Waals surface area contributed by atoms with Crippen LogP contribution >= 0.6 is 0 Å². The standard InChI is InChI=1S/C8H11N2/c9-10-7-6-8-4-2-1-3-5-8/h1-5,9-10H,6-7H2. The number of benzene rings is 1. The second-order valence-electron chi connectivity index (χ2n) is 2.16. The van der Waals surface area contributed by atoms with E-state index in [1.165, 1.54) is 5.56 Å². The van der Waals surface area contributed by atoms with Crippen molar-refractivity contribution in [1.82, 2.24) is 11.3 Å². The summed E-state index contributed by atoms with van der Waals surface area (Å²) in [6.45, 7) is 0.726. The number of hydrogen-bond donors (Lipinski definition) is 1. The average molecular weight is 135 g/mol. The third kappa shape index (κ3) is 2.17. The van der Waals surface area contributed by atoms with Crippen LogP contribution in [0.3, 0.4) is 0 Å². The van der Waals surface area contributed by atoms with Gasteiger partial charge in [0.2, 0.25) is 0 Å². The van der Waals surface area contributed by atoms with Gasteiger partial charge in [0.15, 0.2) is 0 Å². The quantitative estimate of drug-likeness (QED) is 0.617. The van der Waals surface area contributed by atoms with Crippen molar-refractivity contribution in [3.05, 3.63) is 35.9 Å². The van der Waals surface area contributed by atoms with Crippen molar-refractivity contribution < 1.29 is 0 Å². The van der Waals surface area contributed by atoms with Gasteiger partial charge in [0.05, 0.1) is 0 Å². The highest BCUT2D eigenvalue weighted by Gasteiger charge is 1.87. The SMILES string of the molecule is [NH]NCCc1ccccc1. The zero-order valence-electron chi connectivity index (χ0n) is 5.80. The molecular formula is C8H11N2. The largest absolute Gasteiger partial charge is 0.243 e. The van der Waals surface area contributed by atoms with E-state index in [2.05, 4.69) is 17.6 Å². The number of hydrogen-bond acceptors (Lipinski definition) is 1. The Kier molecular flexibility index (Phi) is 2.93. The Morgan fingerprint density at radius 3 is 2.50 bits per heavy atom. The Morgan fingerprint density at radius 1 is 1.20 bits per heavy atom. The lowest BCUT2D eigenvalue weighted by Crippen LogP contribution is -2.13. The Hall–Kier alpha value is -0.860. The van der Waals surface area contributed by atoms with Crippen LogP contribution in [-0.4, -0.2) is 6.54 Å². The fourth-order valence-electron chi connectivity index (χ4n) is 0.852. The van der Waals surface area contributed by atoms with Gasteiger partial charge in [-0.05, 0) is 12.0 Å². The lowest BCUT2D eigenvalue weighted by Gasteiger charge is -1.97. The van der Waals surface area contributed by atoms with Crippen LogP contribution in [0.1, 0.15) is 5.56 Å². The van der Waals surface area contributed by atoms with E-state index in [1.54, 1.807) is 0 Å². The number of rotatable bonds is 3. The minimum Gasteiger partial charge on any atom is -0.243 e. The van der Waals surface area contributed by atoms with Gasteiger partial charge in [-0.25, -0.2) is 5.43 Å². The van der Waals surface area contributed by atoms with Crippen molar-refractivity contribution in [1.29, 1.82) is 0 Å². The van der Waals surface area contributed by atoms with Gasteiger partial charge in [0, 0.05) is 6.54 Å². The van der Waals surface area contributed by atoms with Crippen LogP contribution in [0.4, 0.5) is 0 Å². The number of nitrogens with one attached hydrogen (secondary N) is 2. The molecule has 2 nitrogen and oxygen atoms in total. The summed E-state index contributed by atoms with van der Waals surface area (Å²) in [7, 11) is 0.